The molecule has 0 amide bonds. The Labute approximate surface area is 195 Å². The topological polar surface area (TPSA) is 73.8 Å². The molecule has 30 heavy (non-hydrogen) atoms. The number of rotatable bonds is 6. The van der Waals surface area contributed by atoms with Gasteiger partial charge < -0.3 is 10.6 Å². The van der Waals surface area contributed by atoms with E-state index in [9.17, 15) is 12.8 Å². The van der Waals surface area contributed by atoms with Gasteiger partial charge in [0.1, 0.15) is 5.82 Å². The van der Waals surface area contributed by atoms with Crippen molar-refractivity contribution >= 4 is 40.0 Å². The normalized spacial score (nSPS) is 15.0. The number of hydrogen-bond acceptors (Lipinski definition) is 3. The summed E-state index contributed by atoms with van der Waals surface area (Å²) in [5.41, 5.74) is 2.38. The highest BCUT2D eigenvalue weighted by Gasteiger charge is 2.26. The molecule has 1 fully saturated rings. The van der Waals surface area contributed by atoms with Crippen molar-refractivity contribution in [1.29, 1.82) is 0 Å². The molecule has 0 atom stereocenters. The molecule has 3 rings (SSSR count). The van der Waals surface area contributed by atoms with E-state index in [2.05, 4.69) is 15.6 Å². The molecule has 2 aromatic rings. The van der Waals surface area contributed by atoms with E-state index in [1.807, 2.05) is 6.07 Å². The second-order valence-corrected chi connectivity index (χ2v) is 9.06. The fourth-order valence-corrected chi connectivity index (χ4v) is 4.71. The van der Waals surface area contributed by atoms with Gasteiger partial charge in [-0.1, -0.05) is 24.3 Å². The number of aryl methyl sites for hydroxylation is 1. The van der Waals surface area contributed by atoms with E-state index in [0.717, 1.165) is 24.0 Å². The van der Waals surface area contributed by atoms with Crippen LogP contribution in [0.5, 0.6) is 0 Å². The number of benzene rings is 2. The van der Waals surface area contributed by atoms with Gasteiger partial charge in [0.05, 0.1) is 4.90 Å². The van der Waals surface area contributed by atoms with Crippen LogP contribution in [0.4, 0.5) is 4.39 Å². The maximum atomic E-state index is 13.7. The summed E-state index contributed by atoms with van der Waals surface area (Å²) in [6, 6.07) is 12.0. The Kier molecular flexibility index (Phi) is 9.05. The zero-order valence-corrected chi connectivity index (χ0v) is 20.3. The maximum absolute atomic E-state index is 13.7. The predicted molar refractivity (Wildman–Crippen MR) is 128 cm³/mol. The zero-order chi connectivity index (χ0) is 20.9. The zero-order valence-electron chi connectivity index (χ0n) is 17.2. The van der Waals surface area contributed by atoms with E-state index < -0.39 is 10.0 Å². The molecule has 1 saturated heterocycles. The lowest BCUT2D eigenvalue weighted by molar-refractivity contribution is 0.477. The molecule has 0 spiro atoms. The summed E-state index contributed by atoms with van der Waals surface area (Å²) >= 11 is 0. The van der Waals surface area contributed by atoms with Crippen LogP contribution in [0.2, 0.25) is 0 Å². The Balaban J connectivity index is 0.00000320. The Bertz CT molecular complexity index is 975. The average Bonchev–Trinajstić information content (AvgIpc) is 3.27. The van der Waals surface area contributed by atoms with Gasteiger partial charge in [-0.3, -0.25) is 4.99 Å². The molecule has 0 bridgehead atoms. The van der Waals surface area contributed by atoms with Crippen LogP contribution in [0.25, 0.3) is 0 Å². The van der Waals surface area contributed by atoms with Gasteiger partial charge in [-0.05, 0) is 54.7 Å². The molecule has 1 aliphatic heterocycles. The van der Waals surface area contributed by atoms with E-state index in [-0.39, 0.29) is 29.8 Å². The summed E-state index contributed by atoms with van der Waals surface area (Å²) < 4.78 is 40.3. The third-order valence-corrected chi connectivity index (χ3v) is 6.92. The van der Waals surface area contributed by atoms with Crippen molar-refractivity contribution < 1.29 is 12.8 Å². The van der Waals surface area contributed by atoms with Crippen molar-refractivity contribution in [1.82, 2.24) is 14.9 Å². The van der Waals surface area contributed by atoms with Crippen molar-refractivity contribution in [2.75, 3.05) is 20.1 Å². The molecule has 0 unspecified atom stereocenters. The first-order valence-electron chi connectivity index (χ1n) is 9.69. The van der Waals surface area contributed by atoms with E-state index in [1.54, 1.807) is 48.6 Å². The largest absolute Gasteiger partial charge is 0.352 e. The molecular formula is C21H28FIN4O2S. The first-order chi connectivity index (χ1) is 13.9. The number of hydrogen-bond donors (Lipinski definition) is 2. The third kappa shape index (κ3) is 6.14. The molecule has 0 radical (unpaired) electrons. The Hall–Kier alpha value is -1.72. The average molecular weight is 546 g/mol. The smallest absolute Gasteiger partial charge is 0.243 e. The number of aliphatic imine (C=N–C) groups is 1. The molecule has 0 saturated carbocycles. The van der Waals surface area contributed by atoms with Gasteiger partial charge in [0.2, 0.25) is 10.0 Å². The van der Waals surface area contributed by atoms with Crippen LogP contribution < -0.4 is 10.6 Å². The minimum atomic E-state index is -3.39. The van der Waals surface area contributed by atoms with Gasteiger partial charge in [0, 0.05) is 33.2 Å². The van der Waals surface area contributed by atoms with Gasteiger partial charge in [0.25, 0.3) is 0 Å². The van der Waals surface area contributed by atoms with E-state index in [4.69, 9.17) is 0 Å². The third-order valence-electron chi connectivity index (χ3n) is 5.01. The fraction of sp³-hybridized carbons (Fsp3) is 0.381. The van der Waals surface area contributed by atoms with Crippen molar-refractivity contribution in [3.63, 3.8) is 0 Å². The van der Waals surface area contributed by atoms with E-state index in [1.165, 1.54) is 6.07 Å². The van der Waals surface area contributed by atoms with Crippen LogP contribution in [0.15, 0.2) is 52.4 Å². The molecule has 164 valence electrons. The minimum absolute atomic E-state index is 0. The van der Waals surface area contributed by atoms with E-state index in [0.29, 0.717) is 42.6 Å². The standard InChI is InChI=1S/C21H27FN4O2S.HI/c1-16-5-6-18(13-20(16)22)15-25-21(23-2)24-14-17-7-9-19(10-8-17)29(27,28)26-11-3-4-12-26;/h5-10,13H,3-4,11-12,14-15H2,1-2H3,(H2,23,24,25);1H. The first-order valence-corrected chi connectivity index (χ1v) is 11.1. The van der Waals surface area contributed by atoms with Gasteiger partial charge >= 0.3 is 0 Å². The molecule has 1 heterocycles. The number of guanidine groups is 1. The van der Waals surface area contributed by atoms with Crippen LogP contribution in [-0.4, -0.2) is 38.8 Å². The predicted octanol–water partition coefficient (Wildman–Crippen LogP) is 3.40. The van der Waals surface area contributed by atoms with Crippen molar-refractivity contribution in [2.45, 2.75) is 37.8 Å². The maximum Gasteiger partial charge on any atom is 0.243 e. The highest BCUT2D eigenvalue weighted by molar-refractivity contribution is 14.0. The van der Waals surface area contributed by atoms with Crippen LogP contribution in [0.1, 0.15) is 29.5 Å². The molecule has 6 nitrogen and oxygen atoms in total. The van der Waals surface area contributed by atoms with Gasteiger partial charge in [-0.2, -0.15) is 4.31 Å². The second-order valence-electron chi connectivity index (χ2n) is 7.12. The van der Waals surface area contributed by atoms with Crippen molar-refractivity contribution in [3.8, 4) is 0 Å². The Morgan fingerprint density at radius 1 is 1.03 bits per heavy atom. The summed E-state index contributed by atoms with van der Waals surface area (Å²) in [6.07, 6.45) is 1.84. The second kappa shape index (κ2) is 11.1. The Morgan fingerprint density at radius 3 is 2.17 bits per heavy atom. The lowest BCUT2D eigenvalue weighted by atomic mass is 10.1. The molecule has 2 N–H and O–H groups in total. The van der Waals surface area contributed by atoms with Crippen molar-refractivity contribution in [2.24, 2.45) is 4.99 Å². The highest BCUT2D eigenvalue weighted by Crippen LogP contribution is 2.21. The molecular weight excluding hydrogens is 518 g/mol. The fourth-order valence-electron chi connectivity index (χ4n) is 3.20. The monoisotopic (exact) mass is 546 g/mol. The number of sulfonamides is 1. The SMILES string of the molecule is CN=C(NCc1ccc(S(=O)(=O)N2CCCC2)cc1)NCc1ccc(C)c(F)c1.I. The van der Waals surface area contributed by atoms with Crippen LogP contribution in [0.3, 0.4) is 0 Å². The number of nitrogens with zero attached hydrogens (tertiary/aromatic N) is 2. The van der Waals surface area contributed by atoms with Gasteiger partial charge in [-0.15, -0.1) is 24.0 Å². The molecule has 0 aromatic heterocycles. The molecule has 2 aromatic carbocycles. The van der Waals surface area contributed by atoms with Crippen LogP contribution in [-0.2, 0) is 23.1 Å². The summed E-state index contributed by atoms with van der Waals surface area (Å²) in [6.45, 7) is 3.86. The van der Waals surface area contributed by atoms with Crippen LogP contribution >= 0.6 is 24.0 Å². The summed E-state index contributed by atoms with van der Waals surface area (Å²) in [5.74, 6) is 0.357. The quantitative estimate of drug-likeness (QED) is 0.331. The van der Waals surface area contributed by atoms with Gasteiger partial charge in [0.15, 0.2) is 5.96 Å². The lowest BCUT2D eigenvalue weighted by Gasteiger charge is -2.16. The van der Waals surface area contributed by atoms with Crippen LogP contribution in [0, 0.1) is 12.7 Å². The highest BCUT2D eigenvalue weighted by atomic mass is 127. The molecule has 0 aliphatic carbocycles. The molecule has 1 aliphatic rings. The Morgan fingerprint density at radius 2 is 1.60 bits per heavy atom. The lowest BCUT2D eigenvalue weighted by Crippen LogP contribution is -2.36. The summed E-state index contributed by atoms with van der Waals surface area (Å²) in [4.78, 5) is 4.49. The van der Waals surface area contributed by atoms with Gasteiger partial charge in [-0.25, -0.2) is 12.8 Å². The molecule has 9 heteroatoms. The van der Waals surface area contributed by atoms with E-state index >= 15 is 0 Å². The summed E-state index contributed by atoms with van der Waals surface area (Å²) in [5, 5.41) is 6.33. The number of halogens is 2. The first kappa shape index (κ1) is 24.5. The summed E-state index contributed by atoms with van der Waals surface area (Å²) in [7, 11) is -1.73. The number of nitrogens with one attached hydrogen (secondary N) is 2. The minimum Gasteiger partial charge on any atom is -0.352 e. The van der Waals surface area contributed by atoms with Crippen molar-refractivity contribution in [3.05, 3.63) is 65.0 Å².